The summed E-state index contributed by atoms with van der Waals surface area (Å²) in [6.07, 6.45) is 23.1. The minimum absolute atomic E-state index is 0.0546. The van der Waals surface area contributed by atoms with Crippen LogP contribution in [0, 0.1) is 5.92 Å². The number of carbonyl (C=O) groups excluding carboxylic acids is 5. The summed E-state index contributed by atoms with van der Waals surface area (Å²) < 4.78 is 21.5. The van der Waals surface area contributed by atoms with Crippen molar-refractivity contribution in [2.75, 3.05) is 65.9 Å². The van der Waals surface area contributed by atoms with E-state index in [2.05, 4.69) is 22.9 Å². The molecule has 344 valence electrons. The van der Waals surface area contributed by atoms with E-state index in [0.717, 1.165) is 44.9 Å². The second kappa shape index (κ2) is 41.8. The topological polar surface area (TPSA) is 196 Å². The molecule has 4 N–H and O–H groups in total. The average molecular weight is 842 g/mol. The van der Waals surface area contributed by atoms with Gasteiger partial charge in [-0.3, -0.25) is 24.0 Å². The zero-order valence-electron chi connectivity index (χ0n) is 37.2. The summed E-state index contributed by atoms with van der Waals surface area (Å²) in [5.41, 5.74) is 0. The second-order valence-corrected chi connectivity index (χ2v) is 15.6. The zero-order chi connectivity index (χ0) is 43.6. The van der Waals surface area contributed by atoms with E-state index < -0.39 is 12.0 Å². The molecular weight excluding hydrogens is 759 g/mol. The Bertz CT molecular complexity index is 1090. The van der Waals surface area contributed by atoms with Gasteiger partial charge in [-0.1, -0.05) is 110 Å². The highest BCUT2D eigenvalue weighted by atomic mass is 16.5. The number of Topliss-reactive ketones (excluding diaryl/α,β-unsaturated/α-hetero) is 2. The molecule has 2 atom stereocenters. The molecule has 14 heteroatoms. The third kappa shape index (κ3) is 39.0. The average Bonchev–Trinajstić information content (AvgIpc) is 3.20. The van der Waals surface area contributed by atoms with Gasteiger partial charge in [0.05, 0.1) is 33.0 Å². The van der Waals surface area contributed by atoms with Crippen LogP contribution in [0.5, 0.6) is 0 Å². The zero-order valence-corrected chi connectivity index (χ0v) is 37.2. The van der Waals surface area contributed by atoms with E-state index in [-0.39, 0.29) is 101 Å². The van der Waals surface area contributed by atoms with Gasteiger partial charge in [0.2, 0.25) is 17.7 Å². The van der Waals surface area contributed by atoms with Gasteiger partial charge in [0, 0.05) is 44.9 Å². The van der Waals surface area contributed by atoms with E-state index in [1.165, 1.54) is 77.0 Å². The third-order valence-corrected chi connectivity index (χ3v) is 10.2. The Morgan fingerprint density at radius 1 is 0.492 bits per heavy atom. The maximum atomic E-state index is 12.3. The highest BCUT2D eigenvalue weighted by Gasteiger charge is 2.21. The normalized spacial score (nSPS) is 12.2. The molecule has 0 aliphatic rings. The number of carboxylic acid groups (broad SMARTS) is 1. The Balaban J connectivity index is 3.66. The molecule has 0 rings (SSSR count). The van der Waals surface area contributed by atoms with Gasteiger partial charge >= 0.3 is 5.97 Å². The molecule has 0 aliphatic heterocycles. The molecule has 0 aliphatic carbocycles. The minimum atomic E-state index is -1.13. The highest BCUT2D eigenvalue weighted by Crippen LogP contribution is 2.15. The lowest BCUT2D eigenvalue weighted by atomic mass is 9.95. The Morgan fingerprint density at radius 2 is 1.00 bits per heavy atom. The summed E-state index contributed by atoms with van der Waals surface area (Å²) in [7, 11) is 0. The van der Waals surface area contributed by atoms with Crippen molar-refractivity contribution in [1.82, 2.24) is 16.0 Å². The van der Waals surface area contributed by atoms with Gasteiger partial charge in [-0.2, -0.15) is 0 Å². The van der Waals surface area contributed by atoms with E-state index >= 15 is 0 Å². The summed E-state index contributed by atoms with van der Waals surface area (Å²) in [5.74, 6) is -1.67. The number of hydrogen-bond donors (Lipinski definition) is 4. The lowest BCUT2D eigenvalue weighted by Crippen LogP contribution is -2.41. The smallest absolute Gasteiger partial charge is 0.326 e. The number of hydrogen-bond acceptors (Lipinski definition) is 10. The number of ether oxygens (including phenoxy) is 4. The number of aliphatic carboxylic acids is 1. The van der Waals surface area contributed by atoms with Crippen molar-refractivity contribution in [1.29, 1.82) is 0 Å². The Hall–Kier alpha value is -2.94. The number of rotatable bonds is 45. The standard InChI is InChI=1S/C45H83N3O11/c1-4-6-7-8-9-10-11-12-13-14-15-16-17-18-19-25-42(51)48-41(45(54)55)27-26-40(50)24-22-30-56-32-34-58-37-44(53)47-29-31-57-33-35-59-36-43(52)46-28-21-20-23-39(5-2)38(3)49/h39,41H,4-37H2,1-3H3,(H,46,52)(H,47,53)(H,48,51)(H,54,55)/t39-,41?/m0/s1. The number of ketones is 2. The van der Waals surface area contributed by atoms with Crippen molar-refractivity contribution in [2.24, 2.45) is 5.92 Å². The molecule has 59 heavy (non-hydrogen) atoms. The van der Waals surface area contributed by atoms with E-state index in [9.17, 15) is 33.9 Å². The molecule has 0 aromatic heterocycles. The molecule has 1 unspecified atom stereocenters. The molecule has 0 fully saturated rings. The molecule has 0 heterocycles. The van der Waals surface area contributed by atoms with Crippen LogP contribution >= 0.6 is 0 Å². The summed E-state index contributed by atoms with van der Waals surface area (Å²) in [6.45, 7) is 8.17. The molecule has 3 amide bonds. The first-order chi connectivity index (χ1) is 28.6. The van der Waals surface area contributed by atoms with Crippen molar-refractivity contribution >= 4 is 35.3 Å². The monoisotopic (exact) mass is 842 g/mol. The second-order valence-electron chi connectivity index (χ2n) is 15.6. The fraction of sp³-hybridized carbons (Fsp3) is 0.867. The summed E-state index contributed by atoms with van der Waals surface area (Å²) in [5, 5.41) is 17.6. The first kappa shape index (κ1) is 56.1. The lowest BCUT2D eigenvalue weighted by Gasteiger charge is -2.14. The van der Waals surface area contributed by atoms with Crippen molar-refractivity contribution in [2.45, 2.75) is 181 Å². The molecule has 0 aromatic carbocycles. The van der Waals surface area contributed by atoms with Crippen molar-refractivity contribution in [3.63, 3.8) is 0 Å². The molecule has 0 radical (unpaired) electrons. The van der Waals surface area contributed by atoms with Crippen LogP contribution in [0.15, 0.2) is 0 Å². The van der Waals surface area contributed by atoms with Crippen LogP contribution in [0.2, 0.25) is 0 Å². The third-order valence-electron chi connectivity index (χ3n) is 10.2. The van der Waals surface area contributed by atoms with Gasteiger partial charge in [0.1, 0.15) is 30.8 Å². The van der Waals surface area contributed by atoms with E-state index in [1.807, 2.05) is 6.92 Å². The summed E-state index contributed by atoms with van der Waals surface area (Å²) >= 11 is 0. The molecule has 0 spiro atoms. The van der Waals surface area contributed by atoms with Gasteiger partial charge in [-0.25, -0.2) is 4.79 Å². The SMILES string of the molecule is CCCCCCCCCCCCCCCCCC(=O)NC(CCC(=O)CCCOCCOCC(=O)NCCOCCOCC(=O)NCCCC[C@H](CC)C(C)=O)C(=O)O. The van der Waals surface area contributed by atoms with Crippen LogP contribution in [0.25, 0.3) is 0 Å². The number of carbonyl (C=O) groups is 6. The van der Waals surface area contributed by atoms with Gasteiger partial charge in [0.15, 0.2) is 0 Å². The van der Waals surface area contributed by atoms with Crippen LogP contribution in [0.3, 0.4) is 0 Å². The van der Waals surface area contributed by atoms with Crippen LogP contribution in [0.1, 0.15) is 175 Å². The summed E-state index contributed by atoms with van der Waals surface area (Å²) in [4.78, 5) is 71.5. The number of nitrogens with one attached hydrogen (secondary N) is 3. The number of unbranched alkanes of at least 4 members (excludes halogenated alkanes) is 15. The first-order valence-corrected chi connectivity index (χ1v) is 23.0. The van der Waals surface area contributed by atoms with Gasteiger partial charge in [0.25, 0.3) is 0 Å². The van der Waals surface area contributed by atoms with Crippen molar-refractivity contribution in [3.05, 3.63) is 0 Å². The molecule has 0 bridgehead atoms. The predicted molar refractivity (Wildman–Crippen MR) is 230 cm³/mol. The van der Waals surface area contributed by atoms with E-state index in [1.54, 1.807) is 6.92 Å². The van der Waals surface area contributed by atoms with Gasteiger partial charge in [-0.15, -0.1) is 0 Å². The van der Waals surface area contributed by atoms with Crippen LogP contribution in [-0.2, 0) is 47.7 Å². The van der Waals surface area contributed by atoms with Crippen LogP contribution in [-0.4, -0.2) is 112 Å². The molecule has 0 aromatic rings. The molecule has 0 saturated carbocycles. The Kier molecular flexibility index (Phi) is 39.7. The molecule has 14 nitrogen and oxygen atoms in total. The van der Waals surface area contributed by atoms with Crippen molar-refractivity contribution < 1.29 is 52.8 Å². The summed E-state index contributed by atoms with van der Waals surface area (Å²) in [6, 6.07) is -1.08. The first-order valence-electron chi connectivity index (χ1n) is 23.0. The largest absolute Gasteiger partial charge is 0.480 e. The minimum Gasteiger partial charge on any atom is -0.480 e. The lowest BCUT2D eigenvalue weighted by molar-refractivity contribution is -0.142. The van der Waals surface area contributed by atoms with Gasteiger partial charge in [-0.05, 0) is 45.4 Å². The van der Waals surface area contributed by atoms with Crippen molar-refractivity contribution in [3.8, 4) is 0 Å². The van der Waals surface area contributed by atoms with Crippen LogP contribution in [0.4, 0.5) is 0 Å². The molecular formula is C45H83N3O11. The maximum Gasteiger partial charge on any atom is 0.326 e. The number of carboxylic acids is 1. The Labute approximate surface area is 356 Å². The quantitative estimate of drug-likeness (QED) is 0.0460. The highest BCUT2D eigenvalue weighted by molar-refractivity contribution is 5.84. The fourth-order valence-electron chi connectivity index (χ4n) is 6.56. The van der Waals surface area contributed by atoms with E-state index in [4.69, 9.17) is 18.9 Å². The van der Waals surface area contributed by atoms with Crippen LogP contribution < -0.4 is 16.0 Å². The fourth-order valence-corrected chi connectivity index (χ4v) is 6.56. The van der Waals surface area contributed by atoms with E-state index in [0.29, 0.717) is 32.5 Å². The van der Waals surface area contributed by atoms with Gasteiger partial charge < -0.3 is 40.0 Å². The molecule has 0 saturated heterocycles. The number of amides is 3. The predicted octanol–water partition coefficient (Wildman–Crippen LogP) is 7.03. The Morgan fingerprint density at radius 3 is 1.53 bits per heavy atom. The maximum absolute atomic E-state index is 12.3.